The van der Waals surface area contributed by atoms with Crippen molar-refractivity contribution in [3.8, 4) is 0 Å². The van der Waals surface area contributed by atoms with Crippen molar-refractivity contribution in [3.05, 3.63) is 48.6 Å². The van der Waals surface area contributed by atoms with E-state index in [-0.39, 0.29) is 24.9 Å². The number of aliphatic hydroxyl groups is 2. The summed E-state index contributed by atoms with van der Waals surface area (Å²) in [6.07, 6.45) is 51.8. The summed E-state index contributed by atoms with van der Waals surface area (Å²) in [5, 5.41) is 23.6. The SMILES string of the molecule is CCCCC/C=C\C/C=C\C/C=C\C/C=C\CCCCCC(=O)OC(CCCCCCCCC)CC(=O)NC(CO)C(O)CCCCCCCCCCCCC. The summed E-state index contributed by atoms with van der Waals surface area (Å²) >= 11 is 0. The highest BCUT2D eigenvalue weighted by Crippen LogP contribution is 2.17. The predicted octanol–water partition coefficient (Wildman–Crippen LogP) is 13.9. The Balaban J connectivity index is 4.46. The maximum Gasteiger partial charge on any atom is 0.306 e. The molecule has 0 aliphatic carbocycles. The Morgan fingerprint density at radius 3 is 1.39 bits per heavy atom. The minimum Gasteiger partial charge on any atom is -0.462 e. The van der Waals surface area contributed by atoms with Gasteiger partial charge >= 0.3 is 5.97 Å². The first-order valence-electron chi connectivity index (χ1n) is 23.9. The third-order valence-electron chi connectivity index (χ3n) is 10.7. The van der Waals surface area contributed by atoms with Crippen molar-refractivity contribution >= 4 is 11.9 Å². The number of hydrogen-bond donors (Lipinski definition) is 3. The Morgan fingerprint density at radius 2 is 0.911 bits per heavy atom. The van der Waals surface area contributed by atoms with Crippen molar-refractivity contribution in [2.24, 2.45) is 0 Å². The summed E-state index contributed by atoms with van der Waals surface area (Å²) in [4.78, 5) is 25.9. The van der Waals surface area contributed by atoms with Gasteiger partial charge in [-0.3, -0.25) is 9.59 Å². The van der Waals surface area contributed by atoms with Crippen molar-refractivity contribution in [3.63, 3.8) is 0 Å². The van der Waals surface area contributed by atoms with Crippen LogP contribution < -0.4 is 5.32 Å². The number of rotatable bonds is 42. The van der Waals surface area contributed by atoms with Crippen LogP contribution in [0.5, 0.6) is 0 Å². The van der Waals surface area contributed by atoms with Crippen LogP contribution in [0.1, 0.15) is 233 Å². The third kappa shape index (κ3) is 38.7. The zero-order valence-electron chi connectivity index (χ0n) is 37.0. The molecule has 0 aliphatic heterocycles. The van der Waals surface area contributed by atoms with Gasteiger partial charge in [-0.25, -0.2) is 0 Å². The average molecular weight is 786 g/mol. The molecule has 3 atom stereocenters. The number of unbranched alkanes of at least 4 members (excludes halogenated alkanes) is 22. The Hall–Kier alpha value is -2.18. The van der Waals surface area contributed by atoms with Crippen LogP contribution in [0.15, 0.2) is 48.6 Å². The van der Waals surface area contributed by atoms with Crippen molar-refractivity contribution < 1.29 is 24.5 Å². The summed E-state index contributed by atoms with van der Waals surface area (Å²) in [5.41, 5.74) is 0. The molecule has 0 rings (SSSR count). The summed E-state index contributed by atoms with van der Waals surface area (Å²) in [5.74, 6) is -0.513. The minimum absolute atomic E-state index is 0.0648. The Morgan fingerprint density at radius 1 is 0.518 bits per heavy atom. The molecule has 0 fully saturated rings. The predicted molar refractivity (Wildman–Crippen MR) is 241 cm³/mol. The fraction of sp³-hybridized carbons (Fsp3) is 0.800. The van der Waals surface area contributed by atoms with E-state index in [0.717, 1.165) is 83.5 Å². The van der Waals surface area contributed by atoms with Gasteiger partial charge in [-0.05, 0) is 70.6 Å². The number of amides is 1. The average Bonchev–Trinajstić information content (AvgIpc) is 3.19. The summed E-state index contributed by atoms with van der Waals surface area (Å²) in [7, 11) is 0. The van der Waals surface area contributed by atoms with Crippen molar-refractivity contribution in [1.82, 2.24) is 5.32 Å². The number of hydrogen-bond acceptors (Lipinski definition) is 5. The number of carbonyl (C=O) groups excluding carboxylic acids is 2. The molecule has 326 valence electrons. The lowest BCUT2D eigenvalue weighted by Gasteiger charge is -2.24. The highest BCUT2D eigenvalue weighted by molar-refractivity contribution is 5.77. The second-order valence-electron chi connectivity index (χ2n) is 16.2. The van der Waals surface area contributed by atoms with Crippen LogP contribution >= 0.6 is 0 Å². The lowest BCUT2D eigenvalue weighted by atomic mass is 10.0. The molecule has 0 saturated carbocycles. The van der Waals surface area contributed by atoms with Crippen LogP contribution in [0.25, 0.3) is 0 Å². The van der Waals surface area contributed by atoms with E-state index in [4.69, 9.17) is 4.74 Å². The number of esters is 1. The molecule has 6 nitrogen and oxygen atoms in total. The molecule has 0 heterocycles. The van der Waals surface area contributed by atoms with E-state index in [9.17, 15) is 19.8 Å². The van der Waals surface area contributed by atoms with Gasteiger partial charge in [-0.1, -0.05) is 198 Å². The number of allylic oxidation sites excluding steroid dienone is 8. The Bertz CT molecular complexity index is 972. The molecule has 0 spiro atoms. The number of nitrogens with one attached hydrogen (secondary N) is 1. The number of carbonyl (C=O) groups is 2. The molecule has 0 saturated heterocycles. The van der Waals surface area contributed by atoms with E-state index < -0.39 is 18.2 Å². The van der Waals surface area contributed by atoms with Gasteiger partial charge in [0.05, 0.1) is 25.2 Å². The van der Waals surface area contributed by atoms with E-state index in [1.54, 1.807) is 0 Å². The van der Waals surface area contributed by atoms with E-state index in [1.807, 2.05) is 0 Å². The smallest absolute Gasteiger partial charge is 0.306 e. The normalized spacial score (nSPS) is 13.7. The van der Waals surface area contributed by atoms with Crippen LogP contribution in [0.2, 0.25) is 0 Å². The fourth-order valence-corrected chi connectivity index (χ4v) is 7.00. The molecular formula is C50H91NO5. The molecule has 0 aromatic carbocycles. The second-order valence-corrected chi connectivity index (χ2v) is 16.2. The largest absolute Gasteiger partial charge is 0.462 e. The summed E-state index contributed by atoms with van der Waals surface area (Å²) in [6.45, 7) is 6.40. The summed E-state index contributed by atoms with van der Waals surface area (Å²) < 4.78 is 5.87. The van der Waals surface area contributed by atoms with Gasteiger partial charge in [-0.2, -0.15) is 0 Å². The molecule has 0 aromatic rings. The molecule has 0 bridgehead atoms. The first kappa shape index (κ1) is 53.8. The molecule has 6 heteroatoms. The molecule has 0 aliphatic rings. The number of aliphatic hydroxyl groups excluding tert-OH is 2. The number of ether oxygens (including phenoxy) is 1. The van der Waals surface area contributed by atoms with Crippen LogP contribution in [-0.2, 0) is 14.3 Å². The molecule has 0 aromatic heterocycles. The van der Waals surface area contributed by atoms with Crippen molar-refractivity contribution in [1.29, 1.82) is 0 Å². The van der Waals surface area contributed by atoms with Gasteiger partial charge in [0, 0.05) is 6.42 Å². The van der Waals surface area contributed by atoms with Gasteiger partial charge in [0.15, 0.2) is 0 Å². The highest BCUT2D eigenvalue weighted by atomic mass is 16.5. The first-order chi connectivity index (χ1) is 27.5. The standard InChI is InChI=1S/C50H91NO5/c1-4-7-10-13-16-18-20-21-22-23-24-25-26-27-29-31-34-37-40-43-50(55)56-46(41-38-35-32-15-12-9-6-3)44-49(54)51-47(45-52)48(53)42-39-36-33-30-28-19-17-14-11-8-5-2/h16,18,21-22,24-25,27,29,46-48,52-53H,4-15,17,19-20,23,26,28,30-45H2,1-3H3,(H,51,54)/b18-16-,22-21-,25-24-,29-27-. The fourth-order valence-electron chi connectivity index (χ4n) is 7.00. The second kappa shape index (κ2) is 43.9. The van der Waals surface area contributed by atoms with E-state index in [1.165, 1.54) is 103 Å². The maximum absolute atomic E-state index is 13.1. The van der Waals surface area contributed by atoms with E-state index in [2.05, 4.69) is 74.7 Å². The van der Waals surface area contributed by atoms with Gasteiger partial charge in [-0.15, -0.1) is 0 Å². The van der Waals surface area contributed by atoms with Crippen LogP contribution in [0, 0.1) is 0 Å². The van der Waals surface area contributed by atoms with Crippen LogP contribution in [0.3, 0.4) is 0 Å². The van der Waals surface area contributed by atoms with Crippen LogP contribution in [0.4, 0.5) is 0 Å². The minimum atomic E-state index is -0.789. The van der Waals surface area contributed by atoms with Gasteiger partial charge in [0.1, 0.15) is 6.10 Å². The molecular weight excluding hydrogens is 695 g/mol. The molecule has 56 heavy (non-hydrogen) atoms. The van der Waals surface area contributed by atoms with Crippen molar-refractivity contribution in [2.45, 2.75) is 251 Å². The van der Waals surface area contributed by atoms with Gasteiger partial charge < -0.3 is 20.3 Å². The maximum atomic E-state index is 13.1. The van der Waals surface area contributed by atoms with Crippen LogP contribution in [-0.4, -0.2) is 46.9 Å². The lowest BCUT2D eigenvalue weighted by molar-refractivity contribution is -0.151. The third-order valence-corrected chi connectivity index (χ3v) is 10.7. The zero-order chi connectivity index (χ0) is 41.0. The summed E-state index contributed by atoms with van der Waals surface area (Å²) in [6, 6.07) is -0.704. The monoisotopic (exact) mass is 786 g/mol. The molecule has 0 radical (unpaired) electrons. The van der Waals surface area contributed by atoms with E-state index in [0.29, 0.717) is 19.3 Å². The molecule has 1 amide bonds. The lowest BCUT2D eigenvalue weighted by Crippen LogP contribution is -2.46. The molecule has 3 N–H and O–H groups in total. The highest BCUT2D eigenvalue weighted by Gasteiger charge is 2.24. The molecule has 3 unspecified atom stereocenters. The zero-order valence-corrected chi connectivity index (χ0v) is 37.0. The Kier molecular flexibility index (Phi) is 42.2. The first-order valence-corrected chi connectivity index (χ1v) is 23.9. The van der Waals surface area contributed by atoms with Gasteiger partial charge in [0.2, 0.25) is 5.91 Å². The van der Waals surface area contributed by atoms with E-state index >= 15 is 0 Å². The Labute approximate surface area is 346 Å². The topological polar surface area (TPSA) is 95.9 Å². The van der Waals surface area contributed by atoms with Gasteiger partial charge in [0.25, 0.3) is 0 Å². The van der Waals surface area contributed by atoms with Crippen molar-refractivity contribution in [2.75, 3.05) is 6.61 Å². The quantitative estimate of drug-likeness (QED) is 0.0325.